The zero-order valence-corrected chi connectivity index (χ0v) is 20.1. The lowest BCUT2D eigenvalue weighted by atomic mass is 9.84. The third-order valence-electron chi connectivity index (χ3n) is 5.05. The molecular formula is C23H30N3O4S2-. The number of thiophene rings is 1. The van der Waals surface area contributed by atoms with E-state index in [2.05, 4.69) is 10.6 Å². The van der Waals surface area contributed by atoms with Crippen LogP contribution in [0.2, 0.25) is 0 Å². The van der Waals surface area contributed by atoms with Crippen molar-refractivity contribution in [1.29, 1.82) is 0 Å². The number of hydroxylamine groups is 1. The van der Waals surface area contributed by atoms with Crippen molar-refractivity contribution in [1.82, 2.24) is 16.1 Å². The minimum atomic E-state index is -0.816. The maximum Gasteiger partial charge on any atom is 0.242 e. The van der Waals surface area contributed by atoms with Crippen LogP contribution in [0.3, 0.4) is 0 Å². The Balaban J connectivity index is 2.23. The van der Waals surface area contributed by atoms with Gasteiger partial charge in [-0.05, 0) is 29.3 Å². The van der Waals surface area contributed by atoms with Crippen LogP contribution in [0, 0.1) is 23.0 Å². The van der Waals surface area contributed by atoms with E-state index in [1.54, 1.807) is 0 Å². The van der Waals surface area contributed by atoms with Crippen molar-refractivity contribution in [2.75, 3.05) is 12.8 Å². The maximum absolute atomic E-state index is 13.3. The molecule has 0 radical (unpaired) electrons. The summed E-state index contributed by atoms with van der Waals surface area (Å²) in [6.07, 6.45) is 0.740. The first-order valence-electron chi connectivity index (χ1n) is 10.5. The van der Waals surface area contributed by atoms with Gasteiger partial charge in [0.2, 0.25) is 17.7 Å². The molecule has 3 unspecified atom stereocenters. The van der Waals surface area contributed by atoms with E-state index in [0.29, 0.717) is 18.6 Å². The highest BCUT2D eigenvalue weighted by Crippen LogP contribution is 2.31. The average molecular weight is 477 g/mol. The lowest BCUT2D eigenvalue weighted by molar-refractivity contribution is -0.136. The second kappa shape index (κ2) is 13.2. The van der Waals surface area contributed by atoms with Crippen LogP contribution in [-0.4, -0.2) is 36.6 Å². The monoisotopic (exact) mass is 476 g/mol. The Morgan fingerprint density at radius 3 is 2.28 bits per heavy atom. The first-order valence-corrected chi connectivity index (χ1v) is 12.4. The standard InChI is InChI=1S/C23H30N3O4S2/c1-15(2)12-17(18(22(28)26-30)14-32-20-10-7-11-31-20)21(27)25-19(23(29)24-3)13-16-8-5-4-6-9-16/h4-11,15,17-19H,12-14H2,1-3H3,(H3-,24,25,26,27,28,29,30)/q-1. The molecule has 3 amide bonds. The Morgan fingerprint density at radius 1 is 1.00 bits per heavy atom. The fourth-order valence-electron chi connectivity index (χ4n) is 3.44. The minimum Gasteiger partial charge on any atom is -0.759 e. The van der Waals surface area contributed by atoms with Gasteiger partial charge in [0, 0.05) is 19.2 Å². The molecule has 2 aromatic rings. The zero-order chi connectivity index (χ0) is 23.5. The summed E-state index contributed by atoms with van der Waals surface area (Å²) in [4.78, 5) is 38.3. The SMILES string of the molecule is CNC(=O)C(Cc1ccccc1)NC(=O)C(CC(C)C)C(CSc1cccs1)C(=O)N[O-]. The highest BCUT2D eigenvalue weighted by Gasteiger charge is 2.35. The summed E-state index contributed by atoms with van der Waals surface area (Å²) >= 11 is 2.98. The fourth-order valence-corrected chi connectivity index (χ4v) is 5.44. The summed E-state index contributed by atoms with van der Waals surface area (Å²) in [7, 11) is 1.52. The lowest BCUT2D eigenvalue weighted by Gasteiger charge is -2.29. The molecule has 0 bridgehead atoms. The number of rotatable bonds is 12. The first kappa shape index (κ1) is 25.9. The van der Waals surface area contributed by atoms with Crippen molar-refractivity contribution < 1.29 is 14.4 Å². The molecule has 0 aliphatic heterocycles. The van der Waals surface area contributed by atoms with Crippen LogP contribution in [0.5, 0.6) is 0 Å². The number of thioether (sulfide) groups is 1. The van der Waals surface area contributed by atoms with E-state index in [1.165, 1.54) is 35.6 Å². The van der Waals surface area contributed by atoms with E-state index in [9.17, 15) is 19.6 Å². The summed E-state index contributed by atoms with van der Waals surface area (Å²) in [5, 5.41) is 18.6. The zero-order valence-electron chi connectivity index (χ0n) is 18.5. The molecular weight excluding hydrogens is 446 g/mol. The van der Waals surface area contributed by atoms with Gasteiger partial charge < -0.3 is 21.3 Å². The van der Waals surface area contributed by atoms with Crippen molar-refractivity contribution in [2.45, 2.75) is 36.9 Å². The van der Waals surface area contributed by atoms with Crippen molar-refractivity contribution in [3.05, 3.63) is 58.6 Å². The first-order chi connectivity index (χ1) is 15.3. The van der Waals surface area contributed by atoms with Gasteiger partial charge in [0.25, 0.3) is 0 Å². The van der Waals surface area contributed by atoms with Gasteiger partial charge in [0.15, 0.2) is 0 Å². The summed E-state index contributed by atoms with van der Waals surface area (Å²) < 4.78 is 1.00. The van der Waals surface area contributed by atoms with E-state index >= 15 is 0 Å². The number of likely N-dealkylation sites (N-methyl/N-ethyl adjacent to an activating group) is 1. The van der Waals surface area contributed by atoms with Crippen LogP contribution in [0.25, 0.3) is 0 Å². The molecule has 1 aromatic heterocycles. The predicted octanol–water partition coefficient (Wildman–Crippen LogP) is 3.21. The molecule has 2 rings (SSSR count). The van der Waals surface area contributed by atoms with Gasteiger partial charge >= 0.3 is 0 Å². The highest BCUT2D eigenvalue weighted by molar-refractivity contribution is 8.01. The molecule has 0 saturated carbocycles. The Morgan fingerprint density at radius 2 is 1.72 bits per heavy atom. The second-order valence-electron chi connectivity index (χ2n) is 7.92. The number of hydrogen-bond donors (Lipinski definition) is 3. The molecule has 174 valence electrons. The van der Waals surface area contributed by atoms with Crippen molar-refractivity contribution >= 4 is 40.8 Å². The Labute approximate surface area is 197 Å². The van der Waals surface area contributed by atoms with E-state index in [4.69, 9.17) is 0 Å². The van der Waals surface area contributed by atoms with Crippen LogP contribution in [0.4, 0.5) is 0 Å². The van der Waals surface area contributed by atoms with Crippen LogP contribution in [-0.2, 0) is 20.8 Å². The van der Waals surface area contributed by atoms with Crippen molar-refractivity contribution in [2.24, 2.45) is 17.8 Å². The van der Waals surface area contributed by atoms with Crippen LogP contribution in [0.1, 0.15) is 25.8 Å². The van der Waals surface area contributed by atoms with E-state index in [-0.39, 0.29) is 11.8 Å². The van der Waals surface area contributed by atoms with E-state index in [0.717, 1.165) is 9.77 Å². The second-order valence-corrected chi connectivity index (χ2v) is 10.2. The Hall–Kier alpha value is -2.36. The third kappa shape index (κ3) is 7.96. The van der Waals surface area contributed by atoms with Crippen molar-refractivity contribution in [3.63, 3.8) is 0 Å². The molecule has 3 N–H and O–H groups in total. The Bertz CT molecular complexity index is 859. The molecule has 0 saturated heterocycles. The van der Waals surface area contributed by atoms with Gasteiger partial charge in [0.05, 0.1) is 16.0 Å². The predicted molar refractivity (Wildman–Crippen MR) is 129 cm³/mol. The van der Waals surface area contributed by atoms with Gasteiger partial charge in [0.1, 0.15) is 6.04 Å². The van der Waals surface area contributed by atoms with Gasteiger partial charge in [-0.25, -0.2) is 0 Å². The normalized spacial score (nSPS) is 13.8. The van der Waals surface area contributed by atoms with Crippen LogP contribution < -0.4 is 16.1 Å². The molecule has 1 aromatic carbocycles. The van der Waals surface area contributed by atoms with Crippen LogP contribution >= 0.6 is 23.1 Å². The maximum atomic E-state index is 13.3. The highest BCUT2D eigenvalue weighted by atomic mass is 32.2. The Kier molecular flexibility index (Phi) is 10.7. The molecule has 0 aliphatic rings. The van der Waals surface area contributed by atoms with Crippen molar-refractivity contribution in [3.8, 4) is 0 Å². The van der Waals surface area contributed by atoms with Gasteiger partial charge in [-0.2, -0.15) is 0 Å². The minimum absolute atomic E-state index is 0.118. The van der Waals surface area contributed by atoms with Crippen LogP contribution in [0.15, 0.2) is 52.1 Å². The largest absolute Gasteiger partial charge is 0.759 e. The fraction of sp³-hybridized carbons (Fsp3) is 0.435. The topological polar surface area (TPSA) is 110 Å². The van der Waals surface area contributed by atoms with E-state index in [1.807, 2.05) is 61.7 Å². The number of nitrogens with one attached hydrogen (secondary N) is 3. The summed E-state index contributed by atoms with van der Waals surface area (Å²) in [6, 6.07) is 12.5. The molecule has 0 fully saturated rings. The lowest BCUT2D eigenvalue weighted by Crippen LogP contribution is -2.51. The van der Waals surface area contributed by atoms with Gasteiger partial charge in [-0.1, -0.05) is 50.2 Å². The summed E-state index contributed by atoms with van der Waals surface area (Å²) in [5.74, 6) is -2.57. The molecule has 3 atom stereocenters. The molecule has 32 heavy (non-hydrogen) atoms. The summed E-state index contributed by atoms with van der Waals surface area (Å²) in [5.41, 5.74) is 2.38. The van der Waals surface area contributed by atoms with E-state index < -0.39 is 29.7 Å². The number of amides is 3. The average Bonchev–Trinajstić information content (AvgIpc) is 3.31. The molecule has 7 nitrogen and oxygen atoms in total. The molecule has 9 heteroatoms. The smallest absolute Gasteiger partial charge is 0.242 e. The number of carbonyl (C=O) groups is 3. The third-order valence-corrected chi connectivity index (χ3v) is 7.30. The van der Waals surface area contributed by atoms with Gasteiger partial charge in [-0.15, -0.1) is 23.1 Å². The quantitative estimate of drug-likeness (QED) is 0.322. The molecule has 0 spiro atoms. The molecule has 1 heterocycles. The molecule has 0 aliphatic carbocycles. The van der Waals surface area contributed by atoms with Gasteiger partial charge in [-0.3, -0.25) is 14.4 Å². The number of carbonyl (C=O) groups excluding carboxylic acids is 3. The summed E-state index contributed by atoms with van der Waals surface area (Å²) in [6.45, 7) is 3.91. The number of benzene rings is 1. The number of hydrogen-bond acceptors (Lipinski definition) is 6.